The van der Waals surface area contributed by atoms with Gasteiger partial charge in [0, 0.05) is 45.9 Å². The van der Waals surface area contributed by atoms with Crippen molar-refractivity contribution in [1.82, 2.24) is 15.3 Å². The molecule has 6 nitrogen and oxygen atoms in total. The average molecular weight is 237 g/mol. The van der Waals surface area contributed by atoms with Gasteiger partial charge in [-0.1, -0.05) is 0 Å². The molecule has 0 aliphatic carbocycles. The molecule has 1 aromatic heterocycles. The van der Waals surface area contributed by atoms with Gasteiger partial charge in [-0.15, -0.1) is 0 Å². The van der Waals surface area contributed by atoms with E-state index in [1.807, 2.05) is 18.9 Å². The number of carbonyl (C=O) groups excluding carboxylic acids is 1. The maximum Gasteiger partial charge on any atom is 0.224 e. The van der Waals surface area contributed by atoms with E-state index >= 15 is 0 Å². The lowest BCUT2D eigenvalue weighted by molar-refractivity contribution is -0.120. The van der Waals surface area contributed by atoms with Gasteiger partial charge < -0.3 is 15.5 Å². The van der Waals surface area contributed by atoms with E-state index in [4.69, 9.17) is 0 Å². The smallest absolute Gasteiger partial charge is 0.224 e. The number of aryl methyl sites for hydroxylation is 1. The predicted molar refractivity (Wildman–Crippen MR) is 68.3 cm³/mol. The first-order chi connectivity index (χ1) is 8.08. The number of carbonyl (C=O) groups is 1. The average Bonchev–Trinajstić information content (AvgIpc) is 2.36. The summed E-state index contributed by atoms with van der Waals surface area (Å²) in [6, 6.07) is 0. The molecular formula is C11H19N5O. The van der Waals surface area contributed by atoms with Crippen LogP contribution in [0.4, 0.5) is 11.8 Å². The highest BCUT2D eigenvalue weighted by molar-refractivity contribution is 5.76. The van der Waals surface area contributed by atoms with Gasteiger partial charge in [-0.3, -0.25) is 4.79 Å². The molecule has 0 saturated heterocycles. The van der Waals surface area contributed by atoms with Crippen molar-refractivity contribution < 1.29 is 4.79 Å². The minimum Gasteiger partial charge on any atom is -0.359 e. The fourth-order valence-corrected chi connectivity index (χ4v) is 1.44. The maximum absolute atomic E-state index is 11.2. The van der Waals surface area contributed by atoms with Gasteiger partial charge >= 0.3 is 0 Å². The van der Waals surface area contributed by atoms with Crippen LogP contribution in [0.3, 0.4) is 0 Å². The van der Waals surface area contributed by atoms with Gasteiger partial charge in [-0.25, -0.2) is 4.98 Å². The van der Waals surface area contributed by atoms with Crippen LogP contribution in [0.15, 0.2) is 6.20 Å². The molecule has 2 N–H and O–H groups in total. The van der Waals surface area contributed by atoms with E-state index < -0.39 is 0 Å². The van der Waals surface area contributed by atoms with Crippen LogP contribution < -0.4 is 15.5 Å². The lowest BCUT2D eigenvalue weighted by Gasteiger charge is -2.19. The lowest BCUT2D eigenvalue weighted by Crippen LogP contribution is -2.27. The second-order valence-corrected chi connectivity index (χ2v) is 3.79. The zero-order valence-corrected chi connectivity index (χ0v) is 10.7. The molecule has 0 fully saturated rings. The van der Waals surface area contributed by atoms with Gasteiger partial charge in [-0.05, 0) is 6.92 Å². The van der Waals surface area contributed by atoms with Crippen LogP contribution in [0, 0.1) is 6.92 Å². The Hall–Kier alpha value is -1.85. The normalized spacial score (nSPS) is 9.88. The summed E-state index contributed by atoms with van der Waals surface area (Å²) in [5, 5.41) is 5.50. The van der Waals surface area contributed by atoms with E-state index in [9.17, 15) is 4.79 Å². The standard InChI is InChI=1S/C11H19N5O/c1-8-7-14-11(13-3)15-10(8)16(4)6-5-9(17)12-2/h7H,5-6H2,1-4H3,(H,12,17)(H,13,14,15). The van der Waals surface area contributed by atoms with Crippen LogP contribution in [0.25, 0.3) is 0 Å². The number of hydrogen-bond donors (Lipinski definition) is 2. The molecular weight excluding hydrogens is 218 g/mol. The van der Waals surface area contributed by atoms with Crippen LogP contribution in [-0.4, -0.2) is 43.6 Å². The summed E-state index contributed by atoms with van der Waals surface area (Å²) in [5.41, 5.74) is 0.989. The Kier molecular flexibility index (Phi) is 4.68. The number of amides is 1. The molecule has 1 heterocycles. The molecule has 1 aromatic rings. The lowest BCUT2D eigenvalue weighted by atomic mass is 10.3. The molecule has 0 unspecified atom stereocenters. The summed E-state index contributed by atoms with van der Waals surface area (Å²) in [4.78, 5) is 21.6. The molecule has 0 radical (unpaired) electrons. The number of nitrogens with one attached hydrogen (secondary N) is 2. The van der Waals surface area contributed by atoms with Crippen LogP contribution in [0.1, 0.15) is 12.0 Å². The van der Waals surface area contributed by atoms with Crippen LogP contribution in [0.5, 0.6) is 0 Å². The molecule has 17 heavy (non-hydrogen) atoms. The SMILES string of the molecule is CNC(=O)CCN(C)c1nc(NC)ncc1C. The topological polar surface area (TPSA) is 70.2 Å². The number of hydrogen-bond acceptors (Lipinski definition) is 5. The highest BCUT2D eigenvalue weighted by Gasteiger charge is 2.09. The highest BCUT2D eigenvalue weighted by Crippen LogP contribution is 2.16. The summed E-state index contributed by atoms with van der Waals surface area (Å²) in [6.45, 7) is 2.58. The summed E-state index contributed by atoms with van der Waals surface area (Å²) in [5.74, 6) is 1.45. The van der Waals surface area contributed by atoms with Gasteiger partial charge in [0.2, 0.25) is 11.9 Å². The van der Waals surface area contributed by atoms with E-state index in [0.717, 1.165) is 11.4 Å². The first-order valence-corrected chi connectivity index (χ1v) is 5.51. The summed E-state index contributed by atoms with van der Waals surface area (Å²) in [6.07, 6.45) is 2.22. The van der Waals surface area contributed by atoms with Crippen molar-refractivity contribution >= 4 is 17.7 Å². The van der Waals surface area contributed by atoms with E-state index in [0.29, 0.717) is 18.9 Å². The minimum absolute atomic E-state index is 0.0254. The largest absolute Gasteiger partial charge is 0.359 e. The molecule has 0 saturated carbocycles. The van der Waals surface area contributed by atoms with Crippen molar-refractivity contribution in [3.8, 4) is 0 Å². The fraction of sp³-hybridized carbons (Fsp3) is 0.545. The van der Waals surface area contributed by atoms with Gasteiger partial charge in [0.25, 0.3) is 0 Å². The Morgan fingerprint density at radius 3 is 2.76 bits per heavy atom. The summed E-state index contributed by atoms with van der Waals surface area (Å²) < 4.78 is 0. The van der Waals surface area contributed by atoms with Crippen LogP contribution >= 0.6 is 0 Å². The molecule has 0 bridgehead atoms. The van der Waals surface area contributed by atoms with Crippen molar-refractivity contribution in [2.75, 3.05) is 37.9 Å². The monoisotopic (exact) mass is 237 g/mol. The first-order valence-electron chi connectivity index (χ1n) is 5.51. The van der Waals surface area contributed by atoms with Crippen molar-refractivity contribution in [2.24, 2.45) is 0 Å². The number of aromatic nitrogens is 2. The maximum atomic E-state index is 11.2. The predicted octanol–water partition coefficient (Wildman–Crippen LogP) is 0.399. The molecule has 0 aromatic carbocycles. The van der Waals surface area contributed by atoms with E-state index in [2.05, 4.69) is 20.6 Å². The number of nitrogens with zero attached hydrogens (tertiary/aromatic N) is 3. The van der Waals surface area contributed by atoms with Crippen molar-refractivity contribution in [2.45, 2.75) is 13.3 Å². The van der Waals surface area contributed by atoms with E-state index in [1.54, 1.807) is 20.3 Å². The van der Waals surface area contributed by atoms with Crippen molar-refractivity contribution in [1.29, 1.82) is 0 Å². The number of anilines is 2. The second kappa shape index (κ2) is 6.03. The third-order valence-corrected chi connectivity index (χ3v) is 2.48. The van der Waals surface area contributed by atoms with E-state index in [1.165, 1.54) is 0 Å². The molecule has 1 rings (SSSR count). The summed E-state index contributed by atoms with van der Waals surface area (Å²) in [7, 11) is 5.33. The molecule has 0 aliphatic heterocycles. The Labute approximate surface area is 101 Å². The zero-order chi connectivity index (χ0) is 12.8. The quantitative estimate of drug-likeness (QED) is 0.775. The molecule has 0 spiro atoms. The zero-order valence-electron chi connectivity index (χ0n) is 10.7. The molecule has 6 heteroatoms. The first kappa shape index (κ1) is 13.2. The third kappa shape index (κ3) is 3.58. The van der Waals surface area contributed by atoms with Gasteiger partial charge in [0.1, 0.15) is 5.82 Å². The van der Waals surface area contributed by atoms with Gasteiger partial charge in [0.15, 0.2) is 0 Å². The van der Waals surface area contributed by atoms with Crippen molar-refractivity contribution in [3.63, 3.8) is 0 Å². The number of rotatable bonds is 5. The van der Waals surface area contributed by atoms with Crippen LogP contribution in [0.2, 0.25) is 0 Å². The summed E-state index contributed by atoms with van der Waals surface area (Å²) >= 11 is 0. The Morgan fingerprint density at radius 1 is 1.47 bits per heavy atom. The minimum atomic E-state index is 0.0254. The Morgan fingerprint density at radius 2 is 2.18 bits per heavy atom. The van der Waals surface area contributed by atoms with E-state index in [-0.39, 0.29) is 5.91 Å². The molecule has 0 aliphatic rings. The highest BCUT2D eigenvalue weighted by atomic mass is 16.1. The molecule has 94 valence electrons. The molecule has 0 atom stereocenters. The van der Waals surface area contributed by atoms with Crippen molar-refractivity contribution in [3.05, 3.63) is 11.8 Å². The Balaban J connectivity index is 2.73. The van der Waals surface area contributed by atoms with Gasteiger partial charge in [-0.2, -0.15) is 4.98 Å². The second-order valence-electron chi connectivity index (χ2n) is 3.79. The van der Waals surface area contributed by atoms with Crippen LogP contribution in [-0.2, 0) is 4.79 Å². The Bertz CT molecular complexity index is 393. The molecule has 1 amide bonds. The fourth-order valence-electron chi connectivity index (χ4n) is 1.44. The van der Waals surface area contributed by atoms with Gasteiger partial charge in [0.05, 0.1) is 0 Å². The third-order valence-electron chi connectivity index (χ3n) is 2.48.